The molecule has 62 heavy (non-hydrogen) atoms. The fourth-order valence-electron chi connectivity index (χ4n) is 11.1. The first-order valence-electron chi connectivity index (χ1n) is 23.6. The molecule has 4 aliphatic carbocycles. The Morgan fingerprint density at radius 3 is 0.806 bits per heavy atom. The van der Waals surface area contributed by atoms with E-state index in [9.17, 15) is 0 Å². The van der Waals surface area contributed by atoms with Crippen LogP contribution in [0.5, 0.6) is 0 Å². The van der Waals surface area contributed by atoms with Crippen molar-refractivity contribution in [3.8, 4) is 22.3 Å². The summed E-state index contributed by atoms with van der Waals surface area (Å²) in [5, 5.41) is 0. The Morgan fingerprint density at radius 1 is 0.339 bits per heavy atom. The van der Waals surface area contributed by atoms with E-state index in [0.29, 0.717) is 35.5 Å². The van der Waals surface area contributed by atoms with Gasteiger partial charge in [0, 0.05) is 11.8 Å². The van der Waals surface area contributed by atoms with E-state index in [4.69, 9.17) is 0 Å². The van der Waals surface area contributed by atoms with Gasteiger partial charge < -0.3 is 0 Å². The van der Waals surface area contributed by atoms with Crippen LogP contribution >= 0.6 is 0 Å². The van der Waals surface area contributed by atoms with E-state index in [2.05, 4.69) is 229 Å². The summed E-state index contributed by atoms with van der Waals surface area (Å²) in [4.78, 5) is 0. The fraction of sp³-hybridized carbons (Fsp3) is 0.387. The van der Waals surface area contributed by atoms with Gasteiger partial charge in [0.05, 0.1) is 0 Å². The molecule has 0 N–H and O–H groups in total. The van der Waals surface area contributed by atoms with E-state index in [1.54, 1.807) is 0 Å². The monoisotopic (exact) mass is 815 g/mol. The summed E-state index contributed by atoms with van der Waals surface area (Å²) in [5.41, 5.74) is 20.6. The average Bonchev–Trinajstić information content (AvgIpc) is 4.04. The molecule has 9 rings (SSSR count). The Hall–Kier alpha value is -4.94. The lowest BCUT2D eigenvalue weighted by Gasteiger charge is -2.31. The quantitative estimate of drug-likeness (QED) is 0.146. The second kappa shape index (κ2) is 15.4. The Balaban J connectivity index is 1.06. The molecule has 0 fully saturated rings. The third-order valence-electron chi connectivity index (χ3n) is 15.0. The van der Waals surface area contributed by atoms with E-state index in [1.165, 1.54) is 77.9 Å². The molecular formula is C62H70. The van der Waals surface area contributed by atoms with Crippen molar-refractivity contribution in [3.05, 3.63) is 201 Å². The predicted molar refractivity (Wildman–Crippen MR) is 267 cm³/mol. The summed E-state index contributed by atoms with van der Waals surface area (Å²) in [5.74, 6) is 2.22. The number of hydrogen-bond donors (Lipinski definition) is 0. The van der Waals surface area contributed by atoms with E-state index in [1.807, 2.05) is 0 Å². The second-order valence-electron chi connectivity index (χ2n) is 23.4. The number of hydrogen-bond acceptors (Lipinski definition) is 0. The van der Waals surface area contributed by atoms with Crippen molar-refractivity contribution >= 4 is 0 Å². The highest BCUT2D eigenvalue weighted by Gasteiger charge is 2.41. The van der Waals surface area contributed by atoms with Gasteiger partial charge in [-0.2, -0.15) is 0 Å². The number of rotatable bonds is 8. The molecule has 0 saturated heterocycles. The van der Waals surface area contributed by atoms with Crippen LogP contribution in [0.3, 0.4) is 0 Å². The minimum Gasteiger partial charge on any atom is -0.0773 e. The third-order valence-corrected chi connectivity index (χ3v) is 15.0. The topological polar surface area (TPSA) is 0 Å². The van der Waals surface area contributed by atoms with Gasteiger partial charge in [0.15, 0.2) is 0 Å². The standard InChI is InChI=1S/C62H70/c1-59(2,3)43-25-29-47-53(35-43)54-36-44(60(4,5)6)26-30-48(54)57(47)51(41-17-13-14-18-41)33-39-21-23-40(24-22-39)34-52(42-19-15-16-20-42)58-49-31-27-45(61(7,8)9)37-55(49)56-38-46(62(10,11)12)28-32-50(56)58/h13-32,35-38,41-42,51-52,57-58H,33-34H2,1-12H3. The lowest BCUT2D eigenvalue weighted by Crippen LogP contribution is -2.23. The Kier molecular flexibility index (Phi) is 10.5. The molecular weight excluding hydrogens is 745 g/mol. The van der Waals surface area contributed by atoms with Crippen molar-refractivity contribution < 1.29 is 0 Å². The van der Waals surface area contributed by atoms with Crippen LogP contribution in [0.15, 0.2) is 146 Å². The SMILES string of the molecule is CC(C)(C)c1ccc2c(c1)-c1cc(C(C)(C)C)ccc1C2C(Cc1ccc(CC(C2C=CC=C2)C2c3ccc(C(C)(C)C)cc3-c3cc(C(C)(C)C)ccc32)cc1)C1C=CC=C1. The molecule has 4 aliphatic rings. The van der Waals surface area contributed by atoms with Gasteiger partial charge in [-0.15, -0.1) is 0 Å². The van der Waals surface area contributed by atoms with Crippen molar-refractivity contribution in [2.45, 2.75) is 129 Å². The first kappa shape index (κ1) is 42.4. The van der Waals surface area contributed by atoms with Crippen molar-refractivity contribution in [1.82, 2.24) is 0 Å². The molecule has 0 bridgehead atoms. The van der Waals surface area contributed by atoms with Gasteiger partial charge >= 0.3 is 0 Å². The largest absolute Gasteiger partial charge is 0.0773 e. The molecule has 0 amide bonds. The molecule has 0 spiro atoms. The lowest BCUT2D eigenvalue weighted by molar-refractivity contribution is 0.406. The van der Waals surface area contributed by atoms with Crippen LogP contribution in [0.1, 0.15) is 151 Å². The third kappa shape index (κ3) is 7.86. The van der Waals surface area contributed by atoms with Crippen molar-refractivity contribution in [2.24, 2.45) is 23.7 Å². The van der Waals surface area contributed by atoms with Gasteiger partial charge in [0.25, 0.3) is 0 Å². The van der Waals surface area contributed by atoms with Gasteiger partial charge in [-0.1, -0.05) is 229 Å². The lowest BCUT2D eigenvalue weighted by atomic mass is 9.72. The number of allylic oxidation sites excluding steroid dienone is 8. The normalized spacial score (nSPS) is 17.5. The smallest absolute Gasteiger partial charge is 0.0142 e. The molecule has 5 aromatic carbocycles. The van der Waals surface area contributed by atoms with Crippen LogP contribution in [0.4, 0.5) is 0 Å². The summed E-state index contributed by atoms with van der Waals surface area (Å²) < 4.78 is 0. The van der Waals surface area contributed by atoms with E-state index < -0.39 is 0 Å². The van der Waals surface area contributed by atoms with E-state index >= 15 is 0 Å². The van der Waals surface area contributed by atoms with Crippen molar-refractivity contribution in [1.29, 1.82) is 0 Å². The Morgan fingerprint density at radius 2 is 0.581 bits per heavy atom. The van der Waals surface area contributed by atoms with Crippen LogP contribution in [0, 0.1) is 23.7 Å². The maximum absolute atomic E-state index is 2.52. The van der Waals surface area contributed by atoms with Crippen molar-refractivity contribution in [2.75, 3.05) is 0 Å². The second-order valence-corrected chi connectivity index (χ2v) is 23.4. The van der Waals surface area contributed by atoms with Crippen LogP contribution in [-0.4, -0.2) is 0 Å². The van der Waals surface area contributed by atoms with Crippen LogP contribution < -0.4 is 0 Å². The van der Waals surface area contributed by atoms with Crippen LogP contribution in [0.2, 0.25) is 0 Å². The molecule has 0 aliphatic heterocycles. The van der Waals surface area contributed by atoms with Crippen LogP contribution in [-0.2, 0) is 34.5 Å². The van der Waals surface area contributed by atoms with Crippen molar-refractivity contribution in [3.63, 3.8) is 0 Å². The molecule has 0 radical (unpaired) electrons. The molecule has 0 heterocycles. The first-order chi connectivity index (χ1) is 29.3. The maximum atomic E-state index is 2.52. The minimum atomic E-state index is 0.0897. The zero-order chi connectivity index (χ0) is 43.9. The molecule has 2 unspecified atom stereocenters. The molecule has 0 saturated carbocycles. The predicted octanol–water partition coefficient (Wildman–Crippen LogP) is 16.3. The number of benzene rings is 5. The highest BCUT2D eigenvalue weighted by Crippen LogP contribution is 2.55. The van der Waals surface area contributed by atoms with E-state index in [-0.39, 0.29) is 21.7 Å². The van der Waals surface area contributed by atoms with Gasteiger partial charge in [-0.3, -0.25) is 0 Å². The molecule has 5 aromatic rings. The van der Waals surface area contributed by atoms with Gasteiger partial charge in [-0.25, -0.2) is 0 Å². The van der Waals surface area contributed by atoms with Gasteiger partial charge in [-0.05, 0) is 136 Å². The Bertz CT molecular complexity index is 2290. The van der Waals surface area contributed by atoms with Gasteiger partial charge in [0.1, 0.15) is 0 Å². The summed E-state index contributed by atoms with van der Waals surface area (Å²) in [6, 6.07) is 39.5. The van der Waals surface area contributed by atoms with Gasteiger partial charge in [0.2, 0.25) is 0 Å². The first-order valence-corrected chi connectivity index (χ1v) is 23.6. The highest BCUT2D eigenvalue weighted by atomic mass is 14.4. The zero-order valence-corrected chi connectivity index (χ0v) is 39.7. The summed E-state index contributed by atoms with van der Waals surface area (Å²) in [7, 11) is 0. The minimum absolute atomic E-state index is 0.0897. The summed E-state index contributed by atoms with van der Waals surface area (Å²) in [6.07, 6.45) is 20.9. The number of fused-ring (bicyclic) bond motifs is 6. The average molecular weight is 815 g/mol. The zero-order valence-electron chi connectivity index (χ0n) is 39.7. The Labute approximate surface area is 375 Å². The summed E-state index contributed by atoms with van der Waals surface area (Å²) in [6.45, 7) is 28.1. The maximum Gasteiger partial charge on any atom is 0.0142 e. The highest BCUT2D eigenvalue weighted by molar-refractivity contribution is 5.82. The molecule has 2 atom stereocenters. The molecule has 0 heteroatoms. The van der Waals surface area contributed by atoms with Crippen LogP contribution in [0.25, 0.3) is 22.3 Å². The van der Waals surface area contributed by atoms with E-state index in [0.717, 1.165) is 12.8 Å². The molecule has 0 nitrogen and oxygen atoms in total. The summed E-state index contributed by atoms with van der Waals surface area (Å²) >= 11 is 0. The molecule has 318 valence electrons. The fourth-order valence-corrected chi connectivity index (χ4v) is 11.1. The molecule has 0 aromatic heterocycles.